The number of nitrogens with two attached hydrogens (primary N) is 1. The topological polar surface area (TPSA) is 38.0 Å². The highest BCUT2D eigenvalue weighted by molar-refractivity contribution is 5.45. The molecule has 0 bridgehead atoms. The van der Waals surface area contributed by atoms with Gasteiger partial charge in [0.25, 0.3) is 0 Å². The first-order chi connectivity index (χ1) is 7.13. The average Bonchev–Trinajstić information content (AvgIpc) is 2.26. The van der Waals surface area contributed by atoms with Crippen LogP contribution in [-0.2, 0) is 0 Å². The molecule has 0 fully saturated rings. The molecular weight excluding hydrogens is 184 g/mol. The summed E-state index contributed by atoms with van der Waals surface area (Å²) in [6, 6.07) is 8.64. The Morgan fingerprint density at radius 2 is 1.73 bits per heavy atom. The molecule has 1 aromatic rings. The second-order valence-corrected chi connectivity index (χ2v) is 4.50. The lowest BCUT2D eigenvalue weighted by molar-refractivity contribution is 0.628. The van der Waals surface area contributed by atoms with Gasteiger partial charge in [0.05, 0.1) is 0 Å². The van der Waals surface area contributed by atoms with Crippen molar-refractivity contribution in [3.8, 4) is 0 Å². The van der Waals surface area contributed by atoms with Crippen molar-refractivity contribution in [1.29, 1.82) is 0 Å². The van der Waals surface area contributed by atoms with Gasteiger partial charge in [-0.05, 0) is 36.1 Å². The zero-order chi connectivity index (χ0) is 11.3. The standard InChI is InChI=1S/C13H22N2/c1-10(2)12-4-6-13(7-5-12)15-9-11(3)8-14/h4-7,10-11,15H,8-9,14H2,1-3H3. The van der Waals surface area contributed by atoms with Crippen LogP contribution in [-0.4, -0.2) is 13.1 Å². The number of hydrogen-bond donors (Lipinski definition) is 2. The second kappa shape index (κ2) is 5.76. The third kappa shape index (κ3) is 3.92. The third-order valence-corrected chi connectivity index (χ3v) is 2.63. The van der Waals surface area contributed by atoms with Crippen molar-refractivity contribution in [3.05, 3.63) is 29.8 Å². The maximum Gasteiger partial charge on any atom is 0.0340 e. The molecule has 84 valence electrons. The average molecular weight is 206 g/mol. The third-order valence-electron chi connectivity index (χ3n) is 2.63. The largest absolute Gasteiger partial charge is 0.385 e. The summed E-state index contributed by atoms with van der Waals surface area (Å²) >= 11 is 0. The summed E-state index contributed by atoms with van der Waals surface area (Å²) in [4.78, 5) is 0. The van der Waals surface area contributed by atoms with Gasteiger partial charge in [-0.2, -0.15) is 0 Å². The normalized spacial score (nSPS) is 12.9. The first kappa shape index (κ1) is 12.1. The molecule has 0 saturated carbocycles. The van der Waals surface area contributed by atoms with Crippen molar-refractivity contribution in [2.24, 2.45) is 11.7 Å². The first-order valence-electron chi connectivity index (χ1n) is 5.67. The summed E-state index contributed by atoms with van der Waals surface area (Å²) in [7, 11) is 0. The van der Waals surface area contributed by atoms with E-state index in [0.29, 0.717) is 11.8 Å². The van der Waals surface area contributed by atoms with Crippen molar-refractivity contribution in [2.75, 3.05) is 18.4 Å². The Morgan fingerprint density at radius 3 is 2.20 bits per heavy atom. The summed E-state index contributed by atoms with van der Waals surface area (Å²) in [6.45, 7) is 8.24. The van der Waals surface area contributed by atoms with Gasteiger partial charge in [0.2, 0.25) is 0 Å². The first-order valence-corrected chi connectivity index (χ1v) is 5.67. The predicted molar refractivity (Wildman–Crippen MR) is 67.2 cm³/mol. The minimum atomic E-state index is 0.523. The van der Waals surface area contributed by atoms with E-state index in [1.807, 2.05) is 0 Å². The Kier molecular flexibility index (Phi) is 4.63. The Balaban J connectivity index is 2.50. The van der Waals surface area contributed by atoms with Gasteiger partial charge in [-0.15, -0.1) is 0 Å². The van der Waals surface area contributed by atoms with Crippen molar-refractivity contribution in [3.63, 3.8) is 0 Å². The Morgan fingerprint density at radius 1 is 1.13 bits per heavy atom. The van der Waals surface area contributed by atoms with Gasteiger partial charge in [0.15, 0.2) is 0 Å². The summed E-state index contributed by atoms with van der Waals surface area (Å²) in [5.74, 6) is 1.12. The van der Waals surface area contributed by atoms with Crippen molar-refractivity contribution >= 4 is 5.69 Å². The maximum absolute atomic E-state index is 5.56. The second-order valence-electron chi connectivity index (χ2n) is 4.50. The van der Waals surface area contributed by atoms with Crippen LogP contribution in [0.15, 0.2) is 24.3 Å². The fraction of sp³-hybridized carbons (Fsp3) is 0.538. The van der Waals surface area contributed by atoms with Crippen LogP contribution in [0.25, 0.3) is 0 Å². The molecule has 0 amide bonds. The Hall–Kier alpha value is -1.02. The van der Waals surface area contributed by atoms with Crippen LogP contribution in [0.3, 0.4) is 0 Å². The fourth-order valence-electron chi connectivity index (χ4n) is 1.36. The Bertz CT molecular complexity index is 277. The number of hydrogen-bond acceptors (Lipinski definition) is 2. The molecule has 0 aliphatic rings. The zero-order valence-electron chi connectivity index (χ0n) is 9.96. The van der Waals surface area contributed by atoms with Gasteiger partial charge in [0.1, 0.15) is 0 Å². The quantitative estimate of drug-likeness (QED) is 0.777. The molecule has 3 N–H and O–H groups in total. The van der Waals surface area contributed by atoms with Gasteiger partial charge < -0.3 is 11.1 Å². The van der Waals surface area contributed by atoms with Crippen LogP contribution in [0.1, 0.15) is 32.3 Å². The Labute approximate surface area is 92.9 Å². The van der Waals surface area contributed by atoms with E-state index in [4.69, 9.17) is 5.73 Å². The van der Waals surface area contributed by atoms with Gasteiger partial charge in [-0.3, -0.25) is 0 Å². The molecule has 2 heteroatoms. The van der Waals surface area contributed by atoms with E-state index in [2.05, 4.69) is 50.4 Å². The van der Waals surface area contributed by atoms with Crippen molar-refractivity contribution < 1.29 is 0 Å². The highest BCUT2D eigenvalue weighted by atomic mass is 14.9. The molecule has 0 spiro atoms. The predicted octanol–water partition coefficient (Wildman–Crippen LogP) is 2.82. The van der Waals surface area contributed by atoms with Crippen molar-refractivity contribution in [1.82, 2.24) is 0 Å². The molecule has 2 nitrogen and oxygen atoms in total. The summed E-state index contributed by atoms with van der Waals surface area (Å²) in [6.07, 6.45) is 0. The highest BCUT2D eigenvalue weighted by Crippen LogP contribution is 2.17. The van der Waals surface area contributed by atoms with E-state index in [0.717, 1.165) is 13.1 Å². The lowest BCUT2D eigenvalue weighted by Gasteiger charge is -2.12. The van der Waals surface area contributed by atoms with Crippen LogP contribution in [0.5, 0.6) is 0 Å². The lowest BCUT2D eigenvalue weighted by Crippen LogP contribution is -2.19. The van der Waals surface area contributed by atoms with Crippen LogP contribution < -0.4 is 11.1 Å². The van der Waals surface area contributed by atoms with Gasteiger partial charge in [0, 0.05) is 12.2 Å². The summed E-state index contributed by atoms with van der Waals surface area (Å²) in [5.41, 5.74) is 8.12. The minimum Gasteiger partial charge on any atom is -0.385 e. The monoisotopic (exact) mass is 206 g/mol. The number of benzene rings is 1. The molecule has 0 aliphatic carbocycles. The fourth-order valence-corrected chi connectivity index (χ4v) is 1.36. The van der Waals surface area contributed by atoms with E-state index in [1.165, 1.54) is 11.3 Å². The van der Waals surface area contributed by atoms with Crippen LogP contribution >= 0.6 is 0 Å². The molecule has 1 atom stereocenters. The van der Waals surface area contributed by atoms with Crippen LogP contribution in [0, 0.1) is 5.92 Å². The summed E-state index contributed by atoms with van der Waals surface area (Å²) < 4.78 is 0. The van der Waals surface area contributed by atoms with Gasteiger partial charge in [-0.25, -0.2) is 0 Å². The van der Waals surface area contributed by atoms with Crippen LogP contribution in [0.2, 0.25) is 0 Å². The number of rotatable bonds is 5. The van der Waals surface area contributed by atoms with E-state index < -0.39 is 0 Å². The SMILES string of the molecule is CC(CN)CNc1ccc(C(C)C)cc1. The molecule has 1 aromatic carbocycles. The zero-order valence-corrected chi connectivity index (χ0v) is 9.96. The van der Waals surface area contributed by atoms with E-state index in [1.54, 1.807) is 0 Å². The van der Waals surface area contributed by atoms with Gasteiger partial charge in [-0.1, -0.05) is 32.9 Å². The molecule has 0 aromatic heterocycles. The van der Waals surface area contributed by atoms with E-state index in [-0.39, 0.29) is 0 Å². The maximum atomic E-state index is 5.56. The number of nitrogens with one attached hydrogen (secondary N) is 1. The van der Waals surface area contributed by atoms with Gasteiger partial charge >= 0.3 is 0 Å². The molecular formula is C13H22N2. The van der Waals surface area contributed by atoms with E-state index in [9.17, 15) is 0 Å². The highest BCUT2D eigenvalue weighted by Gasteiger charge is 2.00. The molecule has 0 heterocycles. The molecule has 1 unspecified atom stereocenters. The number of anilines is 1. The van der Waals surface area contributed by atoms with E-state index >= 15 is 0 Å². The molecule has 15 heavy (non-hydrogen) atoms. The molecule has 0 aliphatic heterocycles. The van der Waals surface area contributed by atoms with Crippen molar-refractivity contribution in [2.45, 2.75) is 26.7 Å². The molecule has 0 radical (unpaired) electrons. The summed E-state index contributed by atoms with van der Waals surface area (Å²) in [5, 5.41) is 3.38. The molecule has 0 saturated heterocycles. The molecule has 1 rings (SSSR count). The smallest absolute Gasteiger partial charge is 0.0340 e. The van der Waals surface area contributed by atoms with Crippen LogP contribution in [0.4, 0.5) is 5.69 Å². The lowest BCUT2D eigenvalue weighted by atomic mass is 10.0. The minimum absolute atomic E-state index is 0.523.